The summed E-state index contributed by atoms with van der Waals surface area (Å²) >= 11 is 1.51. The van der Waals surface area contributed by atoms with E-state index in [1.54, 1.807) is 0 Å². The Balaban J connectivity index is 2.06. The van der Waals surface area contributed by atoms with Gasteiger partial charge in [0.05, 0.1) is 0 Å². The molecule has 0 atom stereocenters. The number of hydrogen-bond donors (Lipinski definition) is 1. The highest BCUT2D eigenvalue weighted by molar-refractivity contribution is 7.98. The van der Waals surface area contributed by atoms with Gasteiger partial charge in [0.1, 0.15) is 11.6 Å². The monoisotopic (exact) mass is 272 g/mol. The highest BCUT2D eigenvalue weighted by atomic mass is 32.2. The molecule has 0 bridgehead atoms. The summed E-state index contributed by atoms with van der Waals surface area (Å²) in [5.41, 5.74) is 8.48. The van der Waals surface area contributed by atoms with Gasteiger partial charge in [-0.25, -0.2) is 9.97 Å². The van der Waals surface area contributed by atoms with E-state index in [2.05, 4.69) is 39.1 Å². The van der Waals surface area contributed by atoms with Crippen molar-refractivity contribution < 1.29 is 0 Å². The average molecular weight is 272 g/mol. The molecule has 5 heteroatoms. The Morgan fingerprint density at radius 2 is 2.11 bits per heavy atom. The lowest BCUT2D eigenvalue weighted by molar-refractivity contribution is 0.753. The zero-order chi connectivity index (χ0) is 13.2. The quantitative estimate of drug-likeness (QED) is 0.673. The molecule has 1 aromatic carbocycles. The van der Waals surface area contributed by atoms with Crippen LogP contribution in [0.5, 0.6) is 0 Å². The van der Waals surface area contributed by atoms with Gasteiger partial charge in [0.25, 0.3) is 0 Å². The average Bonchev–Trinajstić information content (AvgIpc) is 2.46. The van der Waals surface area contributed by atoms with Crippen molar-refractivity contribution in [3.05, 3.63) is 35.9 Å². The maximum absolute atomic E-state index is 5.87. The zero-order valence-electron chi connectivity index (χ0n) is 10.8. The van der Waals surface area contributed by atoms with Crippen molar-refractivity contribution in [1.29, 1.82) is 0 Å². The summed E-state index contributed by atoms with van der Waals surface area (Å²) in [7, 11) is 0. The predicted octanol–water partition coefficient (Wildman–Crippen LogP) is 2.87. The molecule has 3 rings (SSSR count). The number of fused-ring (bicyclic) bond motifs is 1. The van der Waals surface area contributed by atoms with Crippen LogP contribution in [0.3, 0.4) is 0 Å². The van der Waals surface area contributed by atoms with Gasteiger partial charge in [0, 0.05) is 18.3 Å². The van der Waals surface area contributed by atoms with E-state index < -0.39 is 0 Å². The smallest absolute Gasteiger partial charge is 0.191 e. The van der Waals surface area contributed by atoms with Crippen LogP contribution in [-0.2, 0) is 6.42 Å². The van der Waals surface area contributed by atoms with Crippen LogP contribution < -0.4 is 10.6 Å². The number of benzene rings is 1. The number of aryl methyl sites for hydroxylation is 1. The van der Waals surface area contributed by atoms with Crippen molar-refractivity contribution in [3.8, 4) is 0 Å². The minimum Gasteiger partial charge on any atom is -0.383 e. The standard InChI is InChI=1S/C14H16N4S/c1-19-14-16-12(15)9-13(17-14)18-8-4-6-10-5-2-3-7-11(10)18/h2-3,5,7,9H,4,6,8H2,1H3,(H2,15,16,17). The molecule has 0 aliphatic carbocycles. The lowest BCUT2D eigenvalue weighted by Crippen LogP contribution is -2.25. The van der Waals surface area contributed by atoms with Crippen LogP contribution in [0.15, 0.2) is 35.5 Å². The second kappa shape index (κ2) is 5.09. The third kappa shape index (κ3) is 2.38. The van der Waals surface area contributed by atoms with E-state index >= 15 is 0 Å². The van der Waals surface area contributed by atoms with E-state index in [0.717, 1.165) is 30.4 Å². The van der Waals surface area contributed by atoms with Crippen LogP contribution in [0, 0.1) is 0 Å². The molecule has 0 amide bonds. The minimum absolute atomic E-state index is 0.525. The Labute approximate surface area is 117 Å². The Morgan fingerprint density at radius 1 is 1.26 bits per heavy atom. The van der Waals surface area contributed by atoms with Gasteiger partial charge in [-0.05, 0) is 30.7 Å². The van der Waals surface area contributed by atoms with E-state index in [-0.39, 0.29) is 0 Å². The third-order valence-electron chi connectivity index (χ3n) is 3.28. The second-order valence-corrected chi connectivity index (χ2v) is 5.30. The number of rotatable bonds is 2. The first kappa shape index (κ1) is 12.3. The van der Waals surface area contributed by atoms with Gasteiger partial charge >= 0.3 is 0 Å². The molecule has 4 nitrogen and oxygen atoms in total. The van der Waals surface area contributed by atoms with Gasteiger partial charge in [-0.2, -0.15) is 0 Å². The van der Waals surface area contributed by atoms with Crippen LogP contribution >= 0.6 is 11.8 Å². The fourth-order valence-electron chi connectivity index (χ4n) is 2.43. The van der Waals surface area contributed by atoms with Crippen molar-refractivity contribution in [2.24, 2.45) is 0 Å². The predicted molar refractivity (Wildman–Crippen MR) is 80.0 cm³/mol. The highest BCUT2D eigenvalue weighted by Crippen LogP contribution is 2.33. The fraction of sp³-hybridized carbons (Fsp3) is 0.286. The summed E-state index contributed by atoms with van der Waals surface area (Å²) in [6.07, 6.45) is 4.22. The Kier molecular flexibility index (Phi) is 3.29. The summed E-state index contributed by atoms with van der Waals surface area (Å²) in [5.74, 6) is 1.42. The molecule has 2 aromatic rings. The minimum atomic E-state index is 0.525. The van der Waals surface area contributed by atoms with E-state index in [0.29, 0.717) is 5.82 Å². The molecular weight excluding hydrogens is 256 g/mol. The molecule has 0 saturated carbocycles. The summed E-state index contributed by atoms with van der Waals surface area (Å²) < 4.78 is 0. The second-order valence-electron chi connectivity index (χ2n) is 4.52. The molecule has 19 heavy (non-hydrogen) atoms. The van der Waals surface area contributed by atoms with Crippen molar-refractivity contribution in [1.82, 2.24) is 9.97 Å². The first-order chi connectivity index (χ1) is 9.28. The molecule has 0 unspecified atom stereocenters. The van der Waals surface area contributed by atoms with Crippen molar-refractivity contribution in [3.63, 3.8) is 0 Å². The van der Waals surface area contributed by atoms with Crippen molar-refractivity contribution in [2.75, 3.05) is 23.4 Å². The number of hydrogen-bond acceptors (Lipinski definition) is 5. The molecule has 2 N–H and O–H groups in total. The number of para-hydroxylation sites is 1. The molecule has 0 saturated heterocycles. The highest BCUT2D eigenvalue weighted by Gasteiger charge is 2.19. The van der Waals surface area contributed by atoms with Crippen LogP contribution in [0.25, 0.3) is 0 Å². The Bertz CT molecular complexity index is 600. The number of nitrogen functional groups attached to an aromatic ring is 1. The number of anilines is 3. The van der Waals surface area contributed by atoms with E-state index in [9.17, 15) is 0 Å². The normalized spacial score (nSPS) is 14.3. The van der Waals surface area contributed by atoms with Gasteiger partial charge in [0.15, 0.2) is 5.16 Å². The van der Waals surface area contributed by atoms with Crippen LogP contribution in [-0.4, -0.2) is 22.8 Å². The topological polar surface area (TPSA) is 55.0 Å². The first-order valence-corrected chi connectivity index (χ1v) is 7.54. The SMILES string of the molecule is CSc1nc(N)cc(N2CCCc3ccccc32)n1. The van der Waals surface area contributed by atoms with Gasteiger partial charge in [-0.1, -0.05) is 30.0 Å². The summed E-state index contributed by atoms with van der Waals surface area (Å²) in [4.78, 5) is 11.0. The molecule has 0 radical (unpaired) electrons. The Morgan fingerprint density at radius 3 is 2.95 bits per heavy atom. The first-order valence-electron chi connectivity index (χ1n) is 6.32. The zero-order valence-corrected chi connectivity index (χ0v) is 11.7. The molecule has 0 spiro atoms. The third-order valence-corrected chi connectivity index (χ3v) is 3.83. The molecule has 1 aliphatic heterocycles. The van der Waals surface area contributed by atoms with Gasteiger partial charge < -0.3 is 10.6 Å². The van der Waals surface area contributed by atoms with E-state index in [4.69, 9.17) is 5.73 Å². The molecule has 2 heterocycles. The molecule has 98 valence electrons. The number of nitrogens with zero attached hydrogens (tertiary/aromatic N) is 3. The van der Waals surface area contributed by atoms with Gasteiger partial charge in [-0.15, -0.1) is 0 Å². The largest absolute Gasteiger partial charge is 0.383 e. The van der Waals surface area contributed by atoms with Crippen LogP contribution in [0.1, 0.15) is 12.0 Å². The number of nitrogens with two attached hydrogens (primary N) is 1. The van der Waals surface area contributed by atoms with Gasteiger partial charge in [0.2, 0.25) is 0 Å². The molecule has 0 fully saturated rings. The maximum Gasteiger partial charge on any atom is 0.191 e. The van der Waals surface area contributed by atoms with E-state index in [1.807, 2.05) is 12.3 Å². The van der Waals surface area contributed by atoms with Crippen LogP contribution in [0.2, 0.25) is 0 Å². The molecule has 1 aromatic heterocycles. The summed E-state index contributed by atoms with van der Waals surface area (Å²) in [6, 6.07) is 10.3. The van der Waals surface area contributed by atoms with Gasteiger partial charge in [-0.3, -0.25) is 0 Å². The number of aromatic nitrogens is 2. The lowest BCUT2D eigenvalue weighted by atomic mass is 10.0. The summed E-state index contributed by atoms with van der Waals surface area (Å²) in [6.45, 7) is 0.973. The fourth-order valence-corrected chi connectivity index (χ4v) is 2.81. The van der Waals surface area contributed by atoms with Crippen LogP contribution in [0.4, 0.5) is 17.3 Å². The Hall–Kier alpha value is -1.75. The maximum atomic E-state index is 5.87. The molecular formula is C14H16N4S. The summed E-state index contributed by atoms with van der Waals surface area (Å²) in [5, 5.41) is 0.720. The lowest BCUT2D eigenvalue weighted by Gasteiger charge is -2.30. The van der Waals surface area contributed by atoms with E-state index in [1.165, 1.54) is 23.0 Å². The van der Waals surface area contributed by atoms with Crippen molar-refractivity contribution >= 4 is 29.1 Å². The van der Waals surface area contributed by atoms with Crippen molar-refractivity contribution in [2.45, 2.75) is 18.0 Å². The number of thioether (sulfide) groups is 1. The molecule has 1 aliphatic rings.